The molecular weight excluding hydrogens is 428 g/mol. The van der Waals surface area contributed by atoms with Crippen molar-refractivity contribution < 1.29 is 13.7 Å². The Bertz CT molecular complexity index is 995. The Balaban J connectivity index is 0.000000668. The van der Waals surface area contributed by atoms with Crippen molar-refractivity contribution in [2.45, 2.75) is 12.8 Å². The molecule has 0 amide bonds. The molecule has 1 saturated heterocycles. The molecule has 1 fully saturated rings. The third-order valence-corrected chi connectivity index (χ3v) is 5.64. The first kappa shape index (κ1) is 23.7. The molecular formula is C22H30N6O3S. The van der Waals surface area contributed by atoms with Crippen LogP contribution in [0.2, 0.25) is 0 Å². The van der Waals surface area contributed by atoms with E-state index in [1.165, 1.54) is 0 Å². The Hall–Kier alpha value is -2.98. The summed E-state index contributed by atoms with van der Waals surface area (Å²) in [5.41, 5.74) is 7.89. The Morgan fingerprint density at radius 3 is 2.88 bits per heavy atom. The number of hydrogen-bond acceptors (Lipinski definition) is 7. The van der Waals surface area contributed by atoms with Crippen LogP contribution in [0.15, 0.2) is 40.9 Å². The maximum absolute atomic E-state index is 11.6. The van der Waals surface area contributed by atoms with Gasteiger partial charge in [-0.05, 0) is 58.3 Å². The molecule has 2 aromatic rings. The summed E-state index contributed by atoms with van der Waals surface area (Å²) in [7, 11) is 6.00. The van der Waals surface area contributed by atoms with E-state index in [9.17, 15) is 9.00 Å². The minimum atomic E-state index is -1.56. The molecule has 172 valence electrons. The number of pyridine rings is 1. The van der Waals surface area contributed by atoms with Gasteiger partial charge in [0.1, 0.15) is 23.7 Å². The van der Waals surface area contributed by atoms with E-state index in [0.29, 0.717) is 35.1 Å². The molecule has 2 atom stereocenters. The summed E-state index contributed by atoms with van der Waals surface area (Å²) in [6.07, 6.45) is 4.57. The number of carbonyl (C=O) groups is 1. The van der Waals surface area contributed by atoms with Gasteiger partial charge in [-0.2, -0.15) is 4.40 Å². The molecule has 3 N–H and O–H groups in total. The highest BCUT2D eigenvalue weighted by Crippen LogP contribution is 2.30. The number of anilines is 2. The van der Waals surface area contributed by atoms with Gasteiger partial charge < -0.3 is 20.3 Å². The zero-order chi connectivity index (χ0) is 23.1. The van der Waals surface area contributed by atoms with Crippen molar-refractivity contribution in [3.8, 4) is 5.75 Å². The van der Waals surface area contributed by atoms with Crippen LogP contribution < -0.4 is 20.1 Å². The van der Waals surface area contributed by atoms with Crippen LogP contribution in [0.4, 0.5) is 11.5 Å². The molecule has 0 radical (unpaired) electrons. The van der Waals surface area contributed by atoms with Crippen LogP contribution in [0.25, 0.3) is 0 Å². The molecule has 2 aliphatic rings. The van der Waals surface area contributed by atoms with E-state index in [1.807, 2.05) is 44.2 Å². The molecule has 2 aliphatic heterocycles. The van der Waals surface area contributed by atoms with Crippen LogP contribution in [0.1, 0.15) is 28.8 Å². The second-order valence-electron chi connectivity index (χ2n) is 8.18. The van der Waals surface area contributed by atoms with Crippen LogP contribution in [0, 0.1) is 5.92 Å². The summed E-state index contributed by atoms with van der Waals surface area (Å²) in [4.78, 5) is 19.6. The predicted octanol–water partition coefficient (Wildman–Crippen LogP) is 2.08. The second kappa shape index (κ2) is 11.1. The summed E-state index contributed by atoms with van der Waals surface area (Å²) < 4.78 is 24.4. The Morgan fingerprint density at radius 2 is 2.12 bits per heavy atom. The minimum absolute atomic E-state index is 0.211. The maximum Gasteiger partial charge on any atom is 0.245 e. The van der Waals surface area contributed by atoms with Crippen molar-refractivity contribution in [2.24, 2.45) is 16.0 Å². The first-order valence-corrected chi connectivity index (χ1v) is 11.5. The molecule has 4 rings (SSSR count). The molecule has 0 bridgehead atoms. The van der Waals surface area contributed by atoms with Gasteiger partial charge in [-0.1, -0.05) is 6.07 Å². The van der Waals surface area contributed by atoms with E-state index in [-0.39, 0.29) is 5.84 Å². The lowest BCUT2D eigenvalue weighted by Gasteiger charge is -2.33. The molecule has 3 heterocycles. The van der Waals surface area contributed by atoms with Gasteiger partial charge in [0.05, 0.1) is 17.9 Å². The zero-order valence-electron chi connectivity index (χ0n) is 18.7. The van der Waals surface area contributed by atoms with Crippen LogP contribution in [-0.2, 0) is 11.2 Å². The summed E-state index contributed by atoms with van der Waals surface area (Å²) in [6, 6.07) is 8.99. The van der Waals surface area contributed by atoms with Crippen LogP contribution in [0.3, 0.4) is 0 Å². The first-order valence-electron chi connectivity index (χ1n) is 10.4. The van der Waals surface area contributed by atoms with Gasteiger partial charge in [-0.3, -0.25) is 9.52 Å². The number of aldehydes is 1. The average molecular weight is 459 g/mol. The summed E-state index contributed by atoms with van der Waals surface area (Å²) >= 11 is -1.56. The molecule has 10 heteroatoms. The zero-order valence-corrected chi connectivity index (χ0v) is 19.5. The van der Waals surface area contributed by atoms with Gasteiger partial charge in [-0.25, -0.2) is 9.19 Å². The van der Waals surface area contributed by atoms with E-state index in [0.717, 1.165) is 38.0 Å². The Morgan fingerprint density at radius 1 is 1.34 bits per heavy atom. The molecule has 0 aliphatic carbocycles. The third kappa shape index (κ3) is 6.27. The molecule has 2 unspecified atom stereocenters. The fourth-order valence-corrected chi connectivity index (χ4v) is 4.22. The summed E-state index contributed by atoms with van der Waals surface area (Å²) in [5.74, 6) is 1.97. The topological polar surface area (TPSA) is 113 Å². The number of aromatic nitrogens is 1. The number of fused-ring (bicyclic) bond motifs is 1. The first-order chi connectivity index (χ1) is 15.4. The van der Waals surface area contributed by atoms with Crippen molar-refractivity contribution in [3.63, 3.8) is 0 Å². The van der Waals surface area contributed by atoms with E-state index in [2.05, 4.69) is 19.0 Å². The minimum Gasteiger partial charge on any atom is -0.492 e. The lowest BCUT2D eigenvalue weighted by molar-refractivity contribution is 0.112. The van der Waals surface area contributed by atoms with Crippen LogP contribution >= 0.6 is 0 Å². The second-order valence-corrected chi connectivity index (χ2v) is 9.06. The monoisotopic (exact) mass is 458 g/mol. The fraction of sp³-hybridized carbons (Fsp3) is 0.409. The predicted molar refractivity (Wildman–Crippen MR) is 129 cm³/mol. The number of hydrogen-bond donors (Lipinski definition) is 2. The summed E-state index contributed by atoms with van der Waals surface area (Å²) in [5, 5.41) is 0. The average Bonchev–Trinajstić information content (AvgIpc) is 2.77. The number of nitrogens with one attached hydrogen (secondary N) is 1. The lowest BCUT2D eigenvalue weighted by atomic mass is 9.99. The Labute approximate surface area is 191 Å². The van der Waals surface area contributed by atoms with Crippen molar-refractivity contribution in [2.75, 3.05) is 50.5 Å². The number of nitrogens with zero attached hydrogens (tertiary/aromatic N) is 4. The number of amidine groups is 1. The number of rotatable bonds is 5. The van der Waals surface area contributed by atoms with Gasteiger partial charge in [-0.15, -0.1) is 0 Å². The quantitative estimate of drug-likeness (QED) is 0.660. The van der Waals surface area contributed by atoms with E-state index in [4.69, 9.17) is 10.5 Å². The van der Waals surface area contributed by atoms with Gasteiger partial charge >= 0.3 is 0 Å². The normalized spacial score (nSPS) is 19.8. The van der Waals surface area contributed by atoms with Crippen molar-refractivity contribution in [3.05, 3.63) is 47.7 Å². The van der Waals surface area contributed by atoms with Crippen molar-refractivity contribution in [1.82, 2.24) is 9.88 Å². The van der Waals surface area contributed by atoms with E-state index < -0.39 is 11.2 Å². The molecule has 0 saturated carbocycles. The molecule has 0 spiro atoms. The van der Waals surface area contributed by atoms with Crippen molar-refractivity contribution in [1.29, 1.82) is 0 Å². The SMILES string of the molecule is CN(C)C.NC1=NS(=O)Nc2cccc(OCC3CCCN(c4cc(C=O)ccn4)C3)c21. The smallest absolute Gasteiger partial charge is 0.245 e. The standard InChI is InChI=1S/C19H21N5O3S.C3H9N/c20-19-18-15(22-28(26)23-19)4-1-5-16(18)27-12-14-3-2-8-24(10-14)17-9-13(11-25)6-7-21-17;1-4(2)3/h1,4-7,9,11,14,22H,2-3,8,10,12H2,(H2,20,23);1-3H3. The molecule has 32 heavy (non-hydrogen) atoms. The number of piperidine rings is 1. The highest BCUT2D eigenvalue weighted by Gasteiger charge is 2.24. The van der Waals surface area contributed by atoms with Gasteiger partial charge in [0, 0.05) is 30.8 Å². The summed E-state index contributed by atoms with van der Waals surface area (Å²) in [6.45, 7) is 2.23. The Kier molecular flexibility index (Phi) is 8.18. The van der Waals surface area contributed by atoms with Gasteiger partial charge in [0.15, 0.2) is 0 Å². The number of benzene rings is 1. The fourth-order valence-electron chi connectivity index (χ4n) is 3.55. The van der Waals surface area contributed by atoms with Crippen molar-refractivity contribution >= 4 is 34.8 Å². The van der Waals surface area contributed by atoms with Crippen LogP contribution in [0.5, 0.6) is 5.75 Å². The third-order valence-electron chi connectivity index (χ3n) is 4.88. The maximum atomic E-state index is 11.6. The molecule has 9 nitrogen and oxygen atoms in total. The largest absolute Gasteiger partial charge is 0.492 e. The van der Waals surface area contributed by atoms with E-state index in [1.54, 1.807) is 18.3 Å². The highest BCUT2D eigenvalue weighted by atomic mass is 32.2. The molecule has 1 aromatic carbocycles. The number of ether oxygens (including phenoxy) is 1. The van der Waals surface area contributed by atoms with Gasteiger partial charge in [0.25, 0.3) is 0 Å². The molecule has 1 aromatic heterocycles. The number of nitrogens with two attached hydrogens (primary N) is 1. The van der Waals surface area contributed by atoms with E-state index >= 15 is 0 Å². The van der Waals surface area contributed by atoms with Gasteiger partial charge in [0.2, 0.25) is 11.2 Å². The lowest BCUT2D eigenvalue weighted by Crippen LogP contribution is -2.38. The number of carbonyl (C=O) groups excluding carboxylic acids is 1. The highest BCUT2D eigenvalue weighted by molar-refractivity contribution is 7.85. The van der Waals surface area contributed by atoms with Crippen LogP contribution in [-0.4, -0.2) is 67.1 Å².